The molecule has 0 fully saturated rings. The average molecular weight is 349 g/mol. The van der Waals surface area contributed by atoms with Crippen molar-refractivity contribution in [3.05, 3.63) is 70.0 Å². The molecule has 0 atom stereocenters. The predicted octanol–water partition coefficient (Wildman–Crippen LogP) is 4.40. The number of halogens is 2. The Kier molecular flexibility index (Phi) is 4.60. The number of rotatable bonds is 4. The van der Waals surface area contributed by atoms with Gasteiger partial charge in [-0.05, 0) is 30.3 Å². The van der Waals surface area contributed by atoms with E-state index in [1.807, 2.05) is 30.3 Å². The van der Waals surface area contributed by atoms with Gasteiger partial charge in [0.1, 0.15) is 0 Å². The molecule has 0 aliphatic heterocycles. The monoisotopic (exact) mass is 348 g/mol. The van der Waals surface area contributed by atoms with Crippen LogP contribution in [0.25, 0.3) is 11.5 Å². The van der Waals surface area contributed by atoms with Crippen LogP contribution in [0.15, 0.2) is 52.9 Å². The topological polar surface area (TPSA) is 65.2 Å². The lowest BCUT2D eigenvalue weighted by molar-refractivity contribution is 0.0438. The van der Waals surface area contributed by atoms with Gasteiger partial charge in [-0.25, -0.2) is 4.79 Å². The third-order valence-electron chi connectivity index (χ3n) is 2.97. The summed E-state index contributed by atoms with van der Waals surface area (Å²) < 4.78 is 10.6. The maximum Gasteiger partial charge on any atom is 0.338 e. The van der Waals surface area contributed by atoms with Crippen LogP contribution in [0.2, 0.25) is 10.0 Å². The Labute approximate surface area is 141 Å². The minimum absolute atomic E-state index is 0.126. The van der Waals surface area contributed by atoms with Crippen molar-refractivity contribution in [1.82, 2.24) is 10.2 Å². The molecule has 7 heteroatoms. The largest absolute Gasteiger partial charge is 0.452 e. The summed E-state index contributed by atoms with van der Waals surface area (Å²) >= 11 is 11.7. The summed E-state index contributed by atoms with van der Waals surface area (Å²) in [5, 5.41) is 8.42. The van der Waals surface area contributed by atoms with Crippen LogP contribution in [0.4, 0.5) is 0 Å². The number of ether oxygens (including phenoxy) is 1. The molecule has 0 radical (unpaired) electrons. The number of carbonyl (C=O) groups excluding carboxylic acids is 1. The number of nitrogens with zero attached hydrogens (tertiary/aromatic N) is 2. The lowest BCUT2D eigenvalue weighted by atomic mass is 10.2. The first kappa shape index (κ1) is 15.5. The third-order valence-corrected chi connectivity index (χ3v) is 3.71. The van der Waals surface area contributed by atoms with Gasteiger partial charge < -0.3 is 9.15 Å². The molecule has 0 aliphatic rings. The van der Waals surface area contributed by atoms with Crippen LogP contribution < -0.4 is 0 Å². The van der Waals surface area contributed by atoms with Crippen molar-refractivity contribution < 1.29 is 13.9 Å². The Balaban J connectivity index is 1.65. The molecule has 0 spiro atoms. The first-order valence-electron chi connectivity index (χ1n) is 6.63. The van der Waals surface area contributed by atoms with Gasteiger partial charge in [0, 0.05) is 5.56 Å². The van der Waals surface area contributed by atoms with Crippen molar-refractivity contribution in [1.29, 1.82) is 0 Å². The molecule has 0 saturated heterocycles. The quantitative estimate of drug-likeness (QED) is 0.653. The standard InChI is InChI=1S/C16H10Cl2N2O3/c17-12-7-6-11(8-13(12)18)16(21)22-9-14-19-20-15(23-14)10-4-2-1-3-5-10/h1-8H,9H2. The summed E-state index contributed by atoms with van der Waals surface area (Å²) in [5.74, 6) is 0.0199. The third kappa shape index (κ3) is 3.70. The van der Waals surface area contributed by atoms with Crippen LogP contribution in [-0.2, 0) is 11.3 Å². The fourth-order valence-electron chi connectivity index (χ4n) is 1.84. The van der Waals surface area contributed by atoms with Gasteiger partial charge in [0.25, 0.3) is 5.89 Å². The molecule has 2 aromatic carbocycles. The lowest BCUT2D eigenvalue weighted by Crippen LogP contribution is -2.05. The van der Waals surface area contributed by atoms with Crippen LogP contribution in [0.1, 0.15) is 16.2 Å². The van der Waals surface area contributed by atoms with Crippen LogP contribution in [0.3, 0.4) is 0 Å². The molecule has 0 bridgehead atoms. The normalized spacial score (nSPS) is 10.5. The maximum atomic E-state index is 11.9. The molecule has 5 nitrogen and oxygen atoms in total. The Morgan fingerprint density at radius 2 is 1.83 bits per heavy atom. The van der Waals surface area contributed by atoms with E-state index in [-0.39, 0.29) is 17.5 Å². The second kappa shape index (κ2) is 6.81. The van der Waals surface area contributed by atoms with E-state index >= 15 is 0 Å². The fourth-order valence-corrected chi connectivity index (χ4v) is 2.14. The fraction of sp³-hybridized carbons (Fsp3) is 0.0625. The van der Waals surface area contributed by atoms with Gasteiger partial charge in [0.2, 0.25) is 5.89 Å². The summed E-state index contributed by atoms with van der Waals surface area (Å²) in [6, 6.07) is 13.8. The first-order chi connectivity index (χ1) is 11.1. The Hall–Kier alpha value is -2.37. The minimum atomic E-state index is -0.553. The zero-order valence-corrected chi connectivity index (χ0v) is 13.2. The highest BCUT2D eigenvalue weighted by molar-refractivity contribution is 6.42. The molecule has 0 N–H and O–H groups in total. The van der Waals surface area contributed by atoms with Gasteiger partial charge in [0.05, 0.1) is 15.6 Å². The molecule has 23 heavy (non-hydrogen) atoms. The van der Waals surface area contributed by atoms with E-state index in [0.717, 1.165) is 5.56 Å². The zero-order valence-electron chi connectivity index (χ0n) is 11.7. The summed E-state index contributed by atoms with van der Waals surface area (Å²) in [6.45, 7) is -0.126. The summed E-state index contributed by atoms with van der Waals surface area (Å²) in [4.78, 5) is 11.9. The van der Waals surface area contributed by atoms with Crippen LogP contribution in [-0.4, -0.2) is 16.2 Å². The van der Waals surface area contributed by atoms with Crippen molar-refractivity contribution in [2.24, 2.45) is 0 Å². The van der Waals surface area contributed by atoms with E-state index in [9.17, 15) is 4.79 Å². The van der Waals surface area contributed by atoms with Crippen molar-refractivity contribution in [2.45, 2.75) is 6.61 Å². The van der Waals surface area contributed by atoms with E-state index in [4.69, 9.17) is 32.4 Å². The number of aromatic nitrogens is 2. The zero-order chi connectivity index (χ0) is 16.2. The molecule has 0 amide bonds. The molecule has 0 saturated carbocycles. The molecular formula is C16H10Cl2N2O3. The van der Waals surface area contributed by atoms with E-state index < -0.39 is 5.97 Å². The molecule has 0 aliphatic carbocycles. The molecule has 116 valence electrons. The highest BCUT2D eigenvalue weighted by Gasteiger charge is 2.13. The Morgan fingerprint density at radius 3 is 2.57 bits per heavy atom. The average Bonchev–Trinajstić information content (AvgIpc) is 3.05. The van der Waals surface area contributed by atoms with Crippen molar-refractivity contribution in [2.75, 3.05) is 0 Å². The molecule has 1 aromatic heterocycles. The first-order valence-corrected chi connectivity index (χ1v) is 7.39. The van der Waals surface area contributed by atoms with Crippen molar-refractivity contribution in [3.63, 3.8) is 0 Å². The van der Waals surface area contributed by atoms with E-state index in [2.05, 4.69) is 10.2 Å². The highest BCUT2D eigenvalue weighted by atomic mass is 35.5. The van der Waals surface area contributed by atoms with E-state index in [1.165, 1.54) is 18.2 Å². The lowest BCUT2D eigenvalue weighted by Gasteiger charge is -2.03. The minimum Gasteiger partial charge on any atom is -0.452 e. The van der Waals surface area contributed by atoms with E-state index in [1.54, 1.807) is 0 Å². The number of carbonyl (C=O) groups is 1. The summed E-state index contributed by atoms with van der Waals surface area (Å²) in [5.41, 5.74) is 1.09. The van der Waals surface area contributed by atoms with Gasteiger partial charge in [-0.1, -0.05) is 41.4 Å². The number of esters is 1. The van der Waals surface area contributed by atoms with Gasteiger partial charge in [-0.3, -0.25) is 0 Å². The van der Waals surface area contributed by atoms with Gasteiger partial charge in [-0.15, -0.1) is 10.2 Å². The maximum absolute atomic E-state index is 11.9. The second-order valence-electron chi connectivity index (χ2n) is 4.57. The molecule has 3 aromatic rings. The van der Waals surface area contributed by atoms with Gasteiger partial charge in [0.15, 0.2) is 6.61 Å². The summed E-state index contributed by atoms with van der Waals surface area (Å²) in [6.07, 6.45) is 0. The van der Waals surface area contributed by atoms with Crippen molar-refractivity contribution >= 4 is 29.2 Å². The predicted molar refractivity (Wildman–Crippen MR) is 85.3 cm³/mol. The Bertz CT molecular complexity index is 834. The van der Waals surface area contributed by atoms with Crippen molar-refractivity contribution in [3.8, 4) is 11.5 Å². The highest BCUT2D eigenvalue weighted by Crippen LogP contribution is 2.23. The molecule has 1 heterocycles. The Morgan fingerprint density at radius 1 is 1.04 bits per heavy atom. The van der Waals surface area contributed by atoms with E-state index in [0.29, 0.717) is 16.5 Å². The van der Waals surface area contributed by atoms with Gasteiger partial charge in [-0.2, -0.15) is 0 Å². The number of benzene rings is 2. The van der Waals surface area contributed by atoms with Crippen LogP contribution >= 0.6 is 23.2 Å². The van der Waals surface area contributed by atoms with Crippen LogP contribution in [0, 0.1) is 0 Å². The second-order valence-corrected chi connectivity index (χ2v) is 5.39. The molecular weight excluding hydrogens is 339 g/mol. The molecule has 0 unspecified atom stereocenters. The SMILES string of the molecule is O=C(OCc1nnc(-c2ccccc2)o1)c1ccc(Cl)c(Cl)c1. The summed E-state index contributed by atoms with van der Waals surface area (Å²) in [7, 11) is 0. The smallest absolute Gasteiger partial charge is 0.338 e. The van der Waals surface area contributed by atoms with Gasteiger partial charge >= 0.3 is 5.97 Å². The molecule has 3 rings (SSSR count). The number of hydrogen-bond acceptors (Lipinski definition) is 5. The number of hydrogen-bond donors (Lipinski definition) is 0. The van der Waals surface area contributed by atoms with Crippen LogP contribution in [0.5, 0.6) is 0 Å².